The molecule has 2 aliphatic rings. The standard InChI is InChI=1S/C23H21ClN4O/c1-23(2)10-18-21(19(29)11-23)20(14-4-3-9-27-13-14)17(12-25)22(26)28(18)16-7-5-15(24)6-8-16/h3-9,13,20H,10-11,26H2,1-2H3/t20-/m0/s1. The Morgan fingerprint density at radius 1 is 1.24 bits per heavy atom. The number of nitrogens with zero attached hydrogens (tertiary/aromatic N) is 3. The number of Topliss-reactive ketones (excluding diaryl/α,β-unsaturated/α-hetero) is 1. The van der Waals surface area contributed by atoms with Gasteiger partial charge in [0.1, 0.15) is 5.82 Å². The lowest BCUT2D eigenvalue weighted by atomic mass is 9.68. The second-order valence-electron chi connectivity index (χ2n) is 8.24. The molecule has 1 aromatic carbocycles. The first-order chi connectivity index (χ1) is 13.8. The fourth-order valence-electron chi connectivity index (χ4n) is 4.27. The summed E-state index contributed by atoms with van der Waals surface area (Å²) in [5.74, 6) is -0.118. The Bertz CT molecular complexity index is 1080. The summed E-state index contributed by atoms with van der Waals surface area (Å²) in [6, 6.07) is 13.2. The fourth-order valence-corrected chi connectivity index (χ4v) is 4.40. The van der Waals surface area contributed by atoms with E-state index in [-0.39, 0.29) is 11.2 Å². The molecule has 2 heterocycles. The summed E-state index contributed by atoms with van der Waals surface area (Å²) < 4.78 is 0. The molecule has 0 spiro atoms. The molecule has 1 atom stereocenters. The van der Waals surface area contributed by atoms with Crippen molar-refractivity contribution in [3.63, 3.8) is 0 Å². The van der Waals surface area contributed by atoms with Crippen LogP contribution in [-0.4, -0.2) is 10.8 Å². The number of hydrogen-bond donors (Lipinski definition) is 1. The van der Waals surface area contributed by atoms with Crippen LogP contribution in [0.1, 0.15) is 38.2 Å². The zero-order chi connectivity index (χ0) is 20.8. The van der Waals surface area contributed by atoms with Crippen molar-refractivity contribution >= 4 is 23.1 Å². The minimum Gasteiger partial charge on any atom is -0.384 e. The predicted molar refractivity (Wildman–Crippen MR) is 113 cm³/mol. The Balaban J connectivity index is 1.99. The Morgan fingerprint density at radius 3 is 2.59 bits per heavy atom. The van der Waals surface area contributed by atoms with E-state index in [0.717, 1.165) is 16.9 Å². The number of pyridine rings is 1. The smallest absolute Gasteiger partial charge is 0.162 e. The van der Waals surface area contributed by atoms with E-state index < -0.39 is 5.92 Å². The molecule has 146 valence electrons. The van der Waals surface area contributed by atoms with Gasteiger partial charge in [0, 0.05) is 40.8 Å². The number of aromatic nitrogens is 1. The molecule has 0 saturated heterocycles. The van der Waals surface area contributed by atoms with E-state index in [0.29, 0.717) is 34.8 Å². The van der Waals surface area contributed by atoms with Crippen LogP contribution in [-0.2, 0) is 4.79 Å². The number of allylic oxidation sites excluding steroid dienone is 3. The molecule has 2 N–H and O–H groups in total. The first kappa shape index (κ1) is 19.2. The Kier molecular flexibility index (Phi) is 4.68. The lowest BCUT2D eigenvalue weighted by Gasteiger charge is -2.43. The Labute approximate surface area is 175 Å². The van der Waals surface area contributed by atoms with Gasteiger partial charge < -0.3 is 5.73 Å². The van der Waals surface area contributed by atoms with Crippen molar-refractivity contribution in [1.29, 1.82) is 5.26 Å². The highest BCUT2D eigenvalue weighted by molar-refractivity contribution is 6.30. The van der Waals surface area contributed by atoms with Crippen LogP contribution in [0.5, 0.6) is 0 Å². The molecule has 0 radical (unpaired) electrons. The van der Waals surface area contributed by atoms with Gasteiger partial charge in [0.05, 0.1) is 17.6 Å². The molecule has 2 aromatic rings. The van der Waals surface area contributed by atoms with Crippen molar-refractivity contribution in [2.24, 2.45) is 11.1 Å². The number of benzene rings is 1. The van der Waals surface area contributed by atoms with Crippen molar-refractivity contribution in [3.8, 4) is 6.07 Å². The number of carbonyl (C=O) groups is 1. The van der Waals surface area contributed by atoms with E-state index in [1.165, 1.54) is 0 Å². The second-order valence-corrected chi connectivity index (χ2v) is 8.68. The van der Waals surface area contributed by atoms with Crippen molar-refractivity contribution in [1.82, 2.24) is 4.98 Å². The molecular weight excluding hydrogens is 384 g/mol. The zero-order valence-corrected chi connectivity index (χ0v) is 17.1. The molecule has 0 fully saturated rings. The first-order valence-corrected chi connectivity index (χ1v) is 9.82. The van der Waals surface area contributed by atoms with E-state index in [9.17, 15) is 10.1 Å². The van der Waals surface area contributed by atoms with Crippen LogP contribution in [0.3, 0.4) is 0 Å². The van der Waals surface area contributed by atoms with Gasteiger partial charge in [-0.05, 0) is 47.7 Å². The van der Waals surface area contributed by atoms with E-state index in [4.69, 9.17) is 17.3 Å². The highest BCUT2D eigenvalue weighted by atomic mass is 35.5. The van der Waals surface area contributed by atoms with E-state index in [1.807, 2.05) is 29.2 Å². The van der Waals surface area contributed by atoms with Gasteiger partial charge in [-0.2, -0.15) is 5.26 Å². The topological polar surface area (TPSA) is 83.0 Å². The Morgan fingerprint density at radius 2 is 1.97 bits per heavy atom. The summed E-state index contributed by atoms with van der Waals surface area (Å²) in [5.41, 5.74) is 9.77. The maximum atomic E-state index is 13.3. The molecular formula is C23H21ClN4O. The lowest BCUT2D eigenvalue weighted by molar-refractivity contribution is -0.118. The third-order valence-electron chi connectivity index (χ3n) is 5.48. The highest BCUT2D eigenvalue weighted by Crippen LogP contribution is 2.50. The normalized spacial score (nSPS) is 21.1. The average Bonchev–Trinajstić information content (AvgIpc) is 2.68. The average molecular weight is 405 g/mol. The van der Waals surface area contributed by atoms with Gasteiger partial charge in [0.25, 0.3) is 0 Å². The van der Waals surface area contributed by atoms with Crippen molar-refractivity contribution < 1.29 is 4.79 Å². The minimum atomic E-state index is -0.504. The van der Waals surface area contributed by atoms with E-state index in [2.05, 4.69) is 24.9 Å². The highest BCUT2D eigenvalue weighted by Gasteiger charge is 2.44. The lowest BCUT2D eigenvalue weighted by Crippen LogP contribution is -2.42. The van der Waals surface area contributed by atoms with E-state index >= 15 is 0 Å². The molecule has 0 bridgehead atoms. The Hall–Kier alpha value is -3.10. The maximum Gasteiger partial charge on any atom is 0.162 e. The van der Waals surface area contributed by atoms with Gasteiger partial charge in [-0.1, -0.05) is 31.5 Å². The number of nitriles is 1. The third kappa shape index (κ3) is 3.30. The van der Waals surface area contributed by atoms with Gasteiger partial charge in [-0.25, -0.2) is 0 Å². The van der Waals surface area contributed by atoms with Crippen LogP contribution in [0.4, 0.5) is 5.69 Å². The van der Waals surface area contributed by atoms with Crippen LogP contribution in [0.25, 0.3) is 0 Å². The summed E-state index contributed by atoms with van der Waals surface area (Å²) in [7, 11) is 0. The van der Waals surface area contributed by atoms with E-state index in [1.54, 1.807) is 24.5 Å². The molecule has 1 aromatic heterocycles. The van der Waals surface area contributed by atoms with Crippen LogP contribution >= 0.6 is 11.6 Å². The van der Waals surface area contributed by atoms with Gasteiger partial charge in [-0.15, -0.1) is 0 Å². The van der Waals surface area contributed by atoms with Gasteiger partial charge in [0.2, 0.25) is 0 Å². The summed E-state index contributed by atoms with van der Waals surface area (Å²) >= 11 is 6.06. The minimum absolute atomic E-state index is 0.0457. The van der Waals surface area contributed by atoms with Crippen LogP contribution in [0.15, 0.2) is 71.5 Å². The first-order valence-electron chi connectivity index (χ1n) is 9.44. The molecule has 6 heteroatoms. The molecule has 0 unspecified atom stereocenters. The molecule has 29 heavy (non-hydrogen) atoms. The molecule has 0 saturated carbocycles. The molecule has 4 rings (SSSR count). The summed E-state index contributed by atoms with van der Waals surface area (Å²) in [6.45, 7) is 4.15. The number of hydrogen-bond acceptors (Lipinski definition) is 5. The number of ketones is 1. The second kappa shape index (κ2) is 7.06. The number of carbonyl (C=O) groups excluding carboxylic acids is 1. The quantitative estimate of drug-likeness (QED) is 0.785. The maximum absolute atomic E-state index is 13.3. The molecule has 1 aliphatic carbocycles. The van der Waals surface area contributed by atoms with Crippen molar-refractivity contribution in [2.75, 3.05) is 4.90 Å². The van der Waals surface area contributed by atoms with Gasteiger partial charge in [0.15, 0.2) is 5.78 Å². The monoisotopic (exact) mass is 404 g/mol. The van der Waals surface area contributed by atoms with Crippen LogP contribution in [0.2, 0.25) is 5.02 Å². The number of rotatable bonds is 2. The summed E-state index contributed by atoms with van der Waals surface area (Å²) in [4.78, 5) is 19.4. The summed E-state index contributed by atoms with van der Waals surface area (Å²) in [5, 5.41) is 10.6. The number of anilines is 1. The van der Waals surface area contributed by atoms with Crippen LogP contribution in [0, 0.1) is 16.7 Å². The SMILES string of the molecule is CC1(C)CC(=O)C2=C(C1)N(c1ccc(Cl)cc1)C(N)=C(C#N)[C@@H]2c1cccnc1. The molecule has 0 amide bonds. The largest absolute Gasteiger partial charge is 0.384 e. The predicted octanol–water partition coefficient (Wildman–Crippen LogP) is 4.68. The summed E-state index contributed by atoms with van der Waals surface area (Å²) in [6.07, 6.45) is 4.47. The fraction of sp³-hybridized carbons (Fsp3) is 0.261. The molecule has 5 nitrogen and oxygen atoms in total. The number of nitrogens with two attached hydrogens (primary N) is 1. The molecule has 1 aliphatic heterocycles. The third-order valence-corrected chi connectivity index (χ3v) is 5.74. The number of halogens is 1. The van der Waals surface area contributed by atoms with Gasteiger partial charge in [-0.3, -0.25) is 14.7 Å². The zero-order valence-electron chi connectivity index (χ0n) is 16.3. The van der Waals surface area contributed by atoms with Crippen molar-refractivity contribution in [3.05, 3.63) is 82.0 Å². The van der Waals surface area contributed by atoms with Crippen LogP contribution < -0.4 is 10.6 Å². The van der Waals surface area contributed by atoms with Crippen molar-refractivity contribution in [2.45, 2.75) is 32.6 Å². The van der Waals surface area contributed by atoms with Gasteiger partial charge >= 0.3 is 0 Å².